The lowest BCUT2D eigenvalue weighted by Crippen LogP contribution is -2.53. The molecule has 2 heterocycles. The van der Waals surface area contributed by atoms with Gasteiger partial charge in [-0.05, 0) is 43.9 Å². The molecule has 0 aromatic heterocycles. The zero-order valence-electron chi connectivity index (χ0n) is 13.2. The maximum Gasteiger partial charge on any atom is 0.127 e. The predicted octanol–water partition coefficient (Wildman–Crippen LogP) is 0.903. The Labute approximate surface area is 136 Å². The summed E-state index contributed by atoms with van der Waals surface area (Å²) in [5.41, 5.74) is 2.10. The van der Waals surface area contributed by atoms with E-state index in [1.807, 2.05) is 12.1 Å². The zero-order chi connectivity index (χ0) is 16.2. The first kappa shape index (κ1) is 16.2. The van der Waals surface area contributed by atoms with Crippen molar-refractivity contribution in [2.24, 2.45) is 5.92 Å². The standard InChI is InChI=1S/C17H25N3O3/c21-11-12-6-8-20(9-7-12)14-3-1-2-13(10-14)18-15-4-5-16(22)19-17(15)23/h1-3,10-12,15-19,22-23H,4-9H2. The van der Waals surface area contributed by atoms with Crippen LogP contribution in [0.4, 0.5) is 11.4 Å². The summed E-state index contributed by atoms with van der Waals surface area (Å²) < 4.78 is 0. The van der Waals surface area contributed by atoms with Crippen LogP contribution in [0.2, 0.25) is 0 Å². The minimum atomic E-state index is -0.759. The summed E-state index contributed by atoms with van der Waals surface area (Å²) in [6.07, 6.45) is 2.83. The van der Waals surface area contributed by atoms with Gasteiger partial charge in [-0.3, -0.25) is 5.32 Å². The van der Waals surface area contributed by atoms with E-state index in [-0.39, 0.29) is 12.0 Å². The van der Waals surface area contributed by atoms with Crippen LogP contribution < -0.4 is 15.5 Å². The molecule has 0 saturated carbocycles. The number of nitrogens with one attached hydrogen (secondary N) is 2. The topological polar surface area (TPSA) is 84.8 Å². The molecule has 6 nitrogen and oxygen atoms in total. The van der Waals surface area contributed by atoms with Gasteiger partial charge in [0.05, 0.1) is 6.04 Å². The molecule has 0 spiro atoms. The molecule has 0 radical (unpaired) electrons. The number of carbonyl (C=O) groups excluding carboxylic acids is 1. The maximum absolute atomic E-state index is 10.9. The number of nitrogens with zero attached hydrogens (tertiary/aromatic N) is 1. The molecule has 2 aliphatic rings. The highest BCUT2D eigenvalue weighted by Crippen LogP contribution is 2.26. The van der Waals surface area contributed by atoms with Crippen LogP contribution in [0.25, 0.3) is 0 Å². The Hall–Kier alpha value is -1.63. The van der Waals surface area contributed by atoms with Crippen molar-refractivity contribution in [2.45, 2.75) is 44.2 Å². The van der Waals surface area contributed by atoms with E-state index >= 15 is 0 Å². The highest BCUT2D eigenvalue weighted by Gasteiger charge is 2.27. The van der Waals surface area contributed by atoms with E-state index in [1.54, 1.807) is 0 Å². The molecule has 0 bridgehead atoms. The van der Waals surface area contributed by atoms with Gasteiger partial charge >= 0.3 is 0 Å². The minimum absolute atomic E-state index is 0.116. The van der Waals surface area contributed by atoms with Gasteiger partial charge in [-0.2, -0.15) is 0 Å². The summed E-state index contributed by atoms with van der Waals surface area (Å²) in [4.78, 5) is 13.2. The van der Waals surface area contributed by atoms with Crippen LogP contribution >= 0.6 is 0 Å². The van der Waals surface area contributed by atoms with Crippen LogP contribution in [0.3, 0.4) is 0 Å². The Balaban J connectivity index is 1.62. The Bertz CT molecular complexity index is 532. The molecule has 23 heavy (non-hydrogen) atoms. The Morgan fingerprint density at radius 3 is 2.65 bits per heavy atom. The highest BCUT2D eigenvalue weighted by molar-refractivity contribution is 5.60. The van der Waals surface area contributed by atoms with Gasteiger partial charge in [0.1, 0.15) is 18.7 Å². The molecule has 2 saturated heterocycles. The van der Waals surface area contributed by atoms with Crippen LogP contribution in [-0.4, -0.2) is 48.1 Å². The second-order valence-corrected chi connectivity index (χ2v) is 6.47. The first-order valence-corrected chi connectivity index (χ1v) is 8.35. The van der Waals surface area contributed by atoms with Gasteiger partial charge < -0.3 is 25.2 Å². The van der Waals surface area contributed by atoms with Gasteiger partial charge in [0, 0.05) is 30.4 Å². The first-order chi connectivity index (χ1) is 11.2. The van der Waals surface area contributed by atoms with Crippen molar-refractivity contribution in [3.63, 3.8) is 0 Å². The van der Waals surface area contributed by atoms with E-state index in [9.17, 15) is 15.0 Å². The minimum Gasteiger partial charge on any atom is -0.379 e. The molecule has 6 heteroatoms. The summed E-state index contributed by atoms with van der Waals surface area (Å²) in [5.74, 6) is 0.197. The summed E-state index contributed by atoms with van der Waals surface area (Å²) >= 11 is 0. The van der Waals surface area contributed by atoms with E-state index in [1.165, 1.54) is 0 Å². The molecule has 4 N–H and O–H groups in total. The van der Waals surface area contributed by atoms with Crippen molar-refractivity contribution in [1.29, 1.82) is 0 Å². The number of rotatable bonds is 4. The average Bonchev–Trinajstić information content (AvgIpc) is 2.58. The fourth-order valence-electron chi connectivity index (χ4n) is 3.34. The number of aldehydes is 1. The van der Waals surface area contributed by atoms with E-state index in [4.69, 9.17) is 0 Å². The molecule has 0 amide bonds. The van der Waals surface area contributed by atoms with Gasteiger partial charge in [-0.15, -0.1) is 0 Å². The fourth-order valence-corrected chi connectivity index (χ4v) is 3.34. The van der Waals surface area contributed by atoms with Crippen molar-refractivity contribution < 1.29 is 15.0 Å². The number of anilines is 2. The summed E-state index contributed by atoms with van der Waals surface area (Å²) in [6.45, 7) is 1.79. The number of carbonyl (C=O) groups is 1. The van der Waals surface area contributed by atoms with Gasteiger partial charge in [-0.25, -0.2) is 0 Å². The monoisotopic (exact) mass is 319 g/mol. The third-order valence-electron chi connectivity index (χ3n) is 4.79. The number of hydrogen-bond donors (Lipinski definition) is 4. The normalized spacial score (nSPS) is 29.3. The third kappa shape index (κ3) is 4.02. The Kier molecular flexibility index (Phi) is 5.15. The fraction of sp³-hybridized carbons (Fsp3) is 0.588. The van der Waals surface area contributed by atoms with E-state index in [0.717, 1.165) is 43.6 Å². The van der Waals surface area contributed by atoms with E-state index in [2.05, 4.69) is 27.7 Å². The van der Waals surface area contributed by atoms with Crippen molar-refractivity contribution in [3.05, 3.63) is 24.3 Å². The van der Waals surface area contributed by atoms with Gasteiger partial charge in [0.2, 0.25) is 0 Å². The number of aliphatic hydroxyl groups is 2. The van der Waals surface area contributed by atoms with Crippen molar-refractivity contribution in [3.8, 4) is 0 Å². The SMILES string of the molecule is O=CC1CCN(c2cccc(NC3CCC(O)NC3O)c2)CC1. The molecular weight excluding hydrogens is 294 g/mol. The lowest BCUT2D eigenvalue weighted by atomic mass is 9.98. The molecule has 1 aromatic rings. The molecule has 3 unspecified atom stereocenters. The van der Waals surface area contributed by atoms with Crippen LogP contribution in [0.15, 0.2) is 24.3 Å². The molecule has 126 valence electrons. The molecule has 3 atom stereocenters. The molecule has 3 rings (SSSR count). The van der Waals surface area contributed by atoms with Crippen LogP contribution in [-0.2, 0) is 4.79 Å². The number of aliphatic hydroxyl groups excluding tert-OH is 2. The van der Waals surface area contributed by atoms with Crippen LogP contribution in [0, 0.1) is 5.92 Å². The van der Waals surface area contributed by atoms with Gasteiger partial charge in [0.15, 0.2) is 0 Å². The van der Waals surface area contributed by atoms with Crippen molar-refractivity contribution in [1.82, 2.24) is 5.32 Å². The largest absolute Gasteiger partial charge is 0.379 e. The zero-order valence-corrected chi connectivity index (χ0v) is 13.2. The number of hydrogen-bond acceptors (Lipinski definition) is 6. The molecule has 2 fully saturated rings. The highest BCUT2D eigenvalue weighted by atomic mass is 16.3. The summed E-state index contributed by atoms with van der Waals surface area (Å²) in [7, 11) is 0. The first-order valence-electron chi connectivity index (χ1n) is 8.35. The third-order valence-corrected chi connectivity index (χ3v) is 4.79. The average molecular weight is 319 g/mol. The summed E-state index contributed by atoms with van der Waals surface area (Å²) in [5, 5.41) is 25.6. The van der Waals surface area contributed by atoms with Gasteiger partial charge in [0.25, 0.3) is 0 Å². The number of piperidine rings is 2. The van der Waals surface area contributed by atoms with E-state index < -0.39 is 12.5 Å². The van der Waals surface area contributed by atoms with Crippen molar-refractivity contribution >= 4 is 17.7 Å². The smallest absolute Gasteiger partial charge is 0.127 e. The Morgan fingerprint density at radius 2 is 1.96 bits per heavy atom. The second-order valence-electron chi connectivity index (χ2n) is 6.47. The lowest BCUT2D eigenvalue weighted by Gasteiger charge is -2.34. The van der Waals surface area contributed by atoms with Crippen LogP contribution in [0.1, 0.15) is 25.7 Å². The summed E-state index contributed by atoms with van der Waals surface area (Å²) in [6, 6.07) is 8.03. The quantitative estimate of drug-likeness (QED) is 0.617. The molecule has 2 aliphatic heterocycles. The molecular formula is C17H25N3O3. The Morgan fingerprint density at radius 1 is 1.17 bits per heavy atom. The van der Waals surface area contributed by atoms with E-state index in [0.29, 0.717) is 12.8 Å². The van der Waals surface area contributed by atoms with Gasteiger partial charge in [-0.1, -0.05) is 6.07 Å². The molecule has 1 aromatic carbocycles. The maximum atomic E-state index is 10.9. The van der Waals surface area contributed by atoms with Crippen molar-refractivity contribution in [2.75, 3.05) is 23.3 Å². The van der Waals surface area contributed by atoms with Crippen LogP contribution in [0.5, 0.6) is 0 Å². The predicted molar refractivity (Wildman–Crippen MR) is 89.2 cm³/mol. The molecule has 0 aliphatic carbocycles. The second kappa shape index (κ2) is 7.29. The lowest BCUT2D eigenvalue weighted by molar-refractivity contribution is -0.111. The number of benzene rings is 1.